The molecule has 0 spiro atoms. The lowest BCUT2D eigenvalue weighted by molar-refractivity contribution is 0.121. The fraction of sp³-hybridized carbons (Fsp3) is 0.500. The first-order valence-corrected chi connectivity index (χ1v) is 5.42. The van der Waals surface area contributed by atoms with Gasteiger partial charge in [-0.15, -0.1) is 0 Å². The Hall–Kier alpha value is -1.73. The second kappa shape index (κ2) is 5.07. The zero-order valence-corrected chi connectivity index (χ0v) is 9.32. The van der Waals surface area contributed by atoms with Crippen molar-refractivity contribution in [3.63, 3.8) is 0 Å². The second-order valence-corrected chi connectivity index (χ2v) is 3.82. The maximum absolute atomic E-state index is 9.52. The molecule has 2 aromatic heterocycles. The molecule has 0 aliphatic heterocycles. The SMILES string of the molecule is Nc1ncnc2c1ncn2CC[C@H](O)CCO. The highest BCUT2D eigenvalue weighted by Gasteiger charge is 2.09. The Morgan fingerprint density at radius 2 is 2.12 bits per heavy atom. The Balaban J connectivity index is 2.12. The average molecular weight is 237 g/mol. The molecule has 0 bridgehead atoms. The summed E-state index contributed by atoms with van der Waals surface area (Å²) in [7, 11) is 0. The molecule has 0 saturated heterocycles. The van der Waals surface area contributed by atoms with E-state index in [0.717, 1.165) is 0 Å². The summed E-state index contributed by atoms with van der Waals surface area (Å²) in [6.45, 7) is 0.565. The molecule has 0 saturated carbocycles. The third kappa shape index (κ3) is 2.51. The van der Waals surface area contributed by atoms with Gasteiger partial charge in [0.1, 0.15) is 11.8 Å². The number of aryl methyl sites for hydroxylation is 1. The van der Waals surface area contributed by atoms with Crippen LogP contribution in [0.5, 0.6) is 0 Å². The van der Waals surface area contributed by atoms with Crippen LogP contribution in [0.1, 0.15) is 12.8 Å². The van der Waals surface area contributed by atoms with E-state index in [-0.39, 0.29) is 6.61 Å². The third-order valence-electron chi connectivity index (χ3n) is 2.60. The van der Waals surface area contributed by atoms with Crippen LogP contribution in [0.4, 0.5) is 5.82 Å². The van der Waals surface area contributed by atoms with Crippen LogP contribution in [0.15, 0.2) is 12.7 Å². The van der Waals surface area contributed by atoms with E-state index < -0.39 is 6.10 Å². The molecule has 1 atom stereocenters. The van der Waals surface area contributed by atoms with Gasteiger partial charge in [0, 0.05) is 13.2 Å². The highest BCUT2D eigenvalue weighted by molar-refractivity contribution is 5.80. The minimum Gasteiger partial charge on any atom is -0.396 e. The fourth-order valence-corrected chi connectivity index (χ4v) is 1.64. The van der Waals surface area contributed by atoms with Crippen molar-refractivity contribution in [1.82, 2.24) is 19.5 Å². The van der Waals surface area contributed by atoms with Crippen LogP contribution in [0.3, 0.4) is 0 Å². The summed E-state index contributed by atoms with van der Waals surface area (Å²) in [5.41, 5.74) is 6.90. The van der Waals surface area contributed by atoms with Crippen molar-refractivity contribution in [3.8, 4) is 0 Å². The molecule has 0 aromatic carbocycles. The smallest absolute Gasteiger partial charge is 0.165 e. The second-order valence-electron chi connectivity index (χ2n) is 3.82. The number of nitrogens with zero attached hydrogens (tertiary/aromatic N) is 4. The molecule has 0 aliphatic carbocycles. The number of rotatable bonds is 5. The molecule has 92 valence electrons. The lowest BCUT2D eigenvalue weighted by Gasteiger charge is -2.09. The van der Waals surface area contributed by atoms with Gasteiger partial charge in [0.25, 0.3) is 0 Å². The monoisotopic (exact) mass is 237 g/mol. The van der Waals surface area contributed by atoms with Gasteiger partial charge in [0.05, 0.1) is 12.4 Å². The van der Waals surface area contributed by atoms with Gasteiger partial charge in [0.2, 0.25) is 0 Å². The van der Waals surface area contributed by atoms with E-state index in [1.54, 1.807) is 6.33 Å². The Kier molecular flexibility index (Phi) is 3.50. The number of nitrogens with two attached hydrogens (primary N) is 1. The van der Waals surface area contributed by atoms with Gasteiger partial charge in [-0.25, -0.2) is 15.0 Å². The minimum atomic E-state index is -0.517. The number of anilines is 1. The van der Waals surface area contributed by atoms with Crippen LogP contribution in [-0.4, -0.2) is 42.4 Å². The predicted molar refractivity (Wildman–Crippen MR) is 62.1 cm³/mol. The Labute approximate surface area is 97.9 Å². The molecular weight excluding hydrogens is 222 g/mol. The lowest BCUT2D eigenvalue weighted by atomic mass is 10.2. The van der Waals surface area contributed by atoms with Crippen LogP contribution in [0, 0.1) is 0 Å². The van der Waals surface area contributed by atoms with E-state index >= 15 is 0 Å². The van der Waals surface area contributed by atoms with Gasteiger partial charge in [-0.3, -0.25) is 0 Å². The first-order chi connectivity index (χ1) is 8.22. The van der Waals surface area contributed by atoms with Gasteiger partial charge in [-0.05, 0) is 12.8 Å². The molecule has 17 heavy (non-hydrogen) atoms. The lowest BCUT2D eigenvalue weighted by Crippen LogP contribution is -2.12. The molecule has 0 aliphatic rings. The van der Waals surface area contributed by atoms with Gasteiger partial charge in [-0.1, -0.05) is 0 Å². The zero-order chi connectivity index (χ0) is 12.3. The van der Waals surface area contributed by atoms with Crippen LogP contribution in [-0.2, 0) is 6.54 Å². The first kappa shape index (κ1) is 11.7. The number of aromatic nitrogens is 4. The number of nitrogen functional groups attached to an aromatic ring is 1. The zero-order valence-electron chi connectivity index (χ0n) is 9.32. The van der Waals surface area contributed by atoms with Crippen molar-refractivity contribution in [2.75, 3.05) is 12.3 Å². The van der Waals surface area contributed by atoms with Gasteiger partial charge in [-0.2, -0.15) is 0 Å². The largest absolute Gasteiger partial charge is 0.396 e. The van der Waals surface area contributed by atoms with Crippen molar-refractivity contribution in [2.24, 2.45) is 0 Å². The fourth-order valence-electron chi connectivity index (χ4n) is 1.64. The molecule has 0 radical (unpaired) electrons. The predicted octanol–water partition coefficient (Wildman–Crippen LogP) is -0.458. The Morgan fingerprint density at radius 1 is 1.29 bits per heavy atom. The standard InChI is InChI=1S/C10H15N5O2/c11-9-8-10(13-5-12-9)15(6-14-8)3-1-7(17)2-4-16/h5-7,16-17H,1-4H2,(H2,11,12,13)/t7-/m0/s1. The Bertz CT molecular complexity index is 498. The van der Waals surface area contributed by atoms with E-state index in [1.807, 2.05) is 4.57 Å². The quantitative estimate of drug-likeness (QED) is 0.649. The number of fused-ring (bicyclic) bond motifs is 1. The Morgan fingerprint density at radius 3 is 2.88 bits per heavy atom. The molecule has 2 rings (SSSR count). The first-order valence-electron chi connectivity index (χ1n) is 5.42. The highest BCUT2D eigenvalue weighted by Crippen LogP contribution is 2.14. The maximum Gasteiger partial charge on any atom is 0.165 e. The molecule has 7 heteroatoms. The summed E-state index contributed by atoms with van der Waals surface area (Å²) in [4.78, 5) is 12.1. The van der Waals surface area contributed by atoms with Gasteiger partial charge >= 0.3 is 0 Å². The molecule has 0 amide bonds. The molecule has 7 nitrogen and oxygen atoms in total. The van der Waals surface area contributed by atoms with Crippen LogP contribution < -0.4 is 5.73 Å². The molecule has 2 heterocycles. The van der Waals surface area contributed by atoms with Crippen molar-refractivity contribution in [3.05, 3.63) is 12.7 Å². The molecule has 0 fully saturated rings. The van der Waals surface area contributed by atoms with Crippen molar-refractivity contribution in [1.29, 1.82) is 0 Å². The number of hydrogen-bond donors (Lipinski definition) is 3. The summed E-state index contributed by atoms with van der Waals surface area (Å²) in [5.74, 6) is 0.352. The number of aliphatic hydroxyl groups is 2. The number of hydrogen-bond acceptors (Lipinski definition) is 6. The van der Waals surface area contributed by atoms with E-state index in [0.29, 0.717) is 36.4 Å². The van der Waals surface area contributed by atoms with Gasteiger partial charge in [0.15, 0.2) is 11.5 Å². The summed E-state index contributed by atoms with van der Waals surface area (Å²) in [5, 5.41) is 18.2. The van der Waals surface area contributed by atoms with E-state index in [1.165, 1.54) is 6.33 Å². The summed E-state index contributed by atoms with van der Waals surface area (Å²) in [6.07, 6.45) is 3.41. The van der Waals surface area contributed by atoms with Crippen LogP contribution >= 0.6 is 0 Å². The minimum absolute atomic E-state index is 0.0129. The van der Waals surface area contributed by atoms with Crippen molar-refractivity contribution < 1.29 is 10.2 Å². The van der Waals surface area contributed by atoms with Gasteiger partial charge < -0.3 is 20.5 Å². The normalized spacial score (nSPS) is 13.1. The van der Waals surface area contributed by atoms with Crippen LogP contribution in [0.2, 0.25) is 0 Å². The average Bonchev–Trinajstić information content (AvgIpc) is 2.72. The molecular formula is C10H15N5O2. The number of imidazole rings is 1. The third-order valence-corrected chi connectivity index (χ3v) is 2.60. The molecule has 4 N–H and O–H groups in total. The van der Waals surface area contributed by atoms with Crippen molar-refractivity contribution >= 4 is 17.0 Å². The van der Waals surface area contributed by atoms with E-state index in [9.17, 15) is 5.11 Å². The van der Waals surface area contributed by atoms with E-state index in [4.69, 9.17) is 10.8 Å². The maximum atomic E-state index is 9.52. The topological polar surface area (TPSA) is 110 Å². The summed E-state index contributed by atoms with van der Waals surface area (Å²) >= 11 is 0. The van der Waals surface area contributed by atoms with Crippen molar-refractivity contribution in [2.45, 2.75) is 25.5 Å². The summed E-state index contributed by atoms with van der Waals surface area (Å²) in [6, 6.07) is 0. The molecule has 2 aromatic rings. The summed E-state index contributed by atoms with van der Waals surface area (Å²) < 4.78 is 1.81. The van der Waals surface area contributed by atoms with E-state index in [2.05, 4.69) is 15.0 Å². The highest BCUT2D eigenvalue weighted by atomic mass is 16.3. The van der Waals surface area contributed by atoms with Crippen LogP contribution in [0.25, 0.3) is 11.2 Å². The number of aliphatic hydroxyl groups excluding tert-OH is 2. The molecule has 0 unspecified atom stereocenters.